The van der Waals surface area contributed by atoms with Crippen LogP contribution in [0, 0.1) is 0 Å². The van der Waals surface area contributed by atoms with Gasteiger partial charge < -0.3 is 5.43 Å². The molecule has 0 aliphatic carbocycles. The maximum absolute atomic E-state index is 12.3. The lowest BCUT2D eigenvalue weighted by Crippen LogP contribution is -2.25. The van der Waals surface area contributed by atoms with Gasteiger partial charge in [-0.1, -0.05) is 0 Å². The number of hydrazine groups is 1. The fraction of sp³-hybridized carbons (Fsp3) is 0.100. The van der Waals surface area contributed by atoms with Crippen LogP contribution in [0.5, 0.6) is 0 Å². The standard InChI is InChI=1S/C10H10Br2N4O2S2/c11-6-3-9(10(16-13)14-4-6)20(17,18)15-5-8-7(12)1-2-19-8/h1-4,15H,5,13H2,(H,14,16). The molecule has 0 saturated heterocycles. The van der Waals surface area contributed by atoms with Crippen LogP contribution < -0.4 is 16.0 Å². The van der Waals surface area contributed by atoms with Gasteiger partial charge in [0.1, 0.15) is 4.90 Å². The highest BCUT2D eigenvalue weighted by Gasteiger charge is 2.20. The van der Waals surface area contributed by atoms with E-state index in [-0.39, 0.29) is 17.3 Å². The molecule has 0 saturated carbocycles. The van der Waals surface area contributed by atoms with Gasteiger partial charge in [0.25, 0.3) is 0 Å². The van der Waals surface area contributed by atoms with Crippen molar-refractivity contribution in [3.8, 4) is 0 Å². The molecule has 2 heterocycles. The molecular formula is C10H10Br2N4O2S2. The molecule has 6 nitrogen and oxygen atoms in total. The molecule has 0 aliphatic rings. The third-order valence-corrected chi connectivity index (χ3v) is 6.13. The van der Waals surface area contributed by atoms with Crippen LogP contribution in [0.3, 0.4) is 0 Å². The van der Waals surface area contributed by atoms with Crippen molar-refractivity contribution in [1.82, 2.24) is 9.71 Å². The maximum Gasteiger partial charge on any atom is 0.244 e. The van der Waals surface area contributed by atoms with E-state index in [0.29, 0.717) is 4.47 Å². The Kier molecular flexibility index (Phi) is 5.15. The third kappa shape index (κ3) is 3.57. The van der Waals surface area contributed by atoms with E-state index in [2.05, 4.69) is 47.0 Å². The van der Waals surface area contributed by atoms with E-state index in [1.54, 1.807) is 0 Å². The SMILES string of the molecule is NNc1ncc(Br)cc1S(=O)(=O)NCc1sccc1Br. The van der Waals surface area contributed by atoms with Gasteiger partial charge in [-0.05, 0) is 49.4 Å². The van der Waals surface area contributed by atoms with Gasteiger partial charge in [0, 0.05) is 26.6 Å². The second kappa shape index (κ2) is 6.50. The predicted molar refractivity (Wildman–Crippen MR) is 85.8 cm³/mol. The van der Waals surface area contributed by atoms with E-state index in [1.807, 2.05) is 11.4 Å². The van der Waals surface area contributed by atoms with Crippen molar-refractivity contribution in [2.24, 2.45) is 5.84 Å². The number of thiophene rings is 1. The van der Waals surface area contributed by atoms with Crippen LogP contribution in [0.15, 0.2) is 37.6 Å². The molecule has 0 spiro atoms. The molecule has 0 amide bonds. The van der Waals surface area contributed by atoms with Gasteiger partial charge in [-0.25, -0.2) is 24.0 Å². The highest BCUT2D eigenvalue weighted by atomic mass is 79.9. The topological polar surface area (TPSA) is 97.1 Å². The number of nitrogen functional groups attached to an aromatic ring is 1. The second-order valence-corrected chi connectivity index (χ2v) is 8.17. The Balaban J connectivity index is 2.26. The lowest BCUT2D eigenvalue weighted by molar-refractivity contribution is 0.581. The van der Waals surface area contributed by atoms with Gasteiger partial charge in [-0.2, -0.15) is 0 Å². The first-order valence-corrected chi connectivity index (χ1v) is 9.22. The third-order valence-electron chi connectivity index (χ3n) is 2.36. The summed E-state index contributed by atoms with van der Waals surface area (Å²) >= 11 is 8.00. The molecule has 0 bridgehead atoms. The monoisotopic (exact) mass is 440 g/mol. The van der Waals surface area contributed by atoms with Crippen LogP contribution in [-0.4, -0.2) is 13.4 Å². The second-order valence-electron chi connectivity index (χ2n) is 3.66. The summed E-state index contributed by atoms with van der Waals surface area (Å²) in [6.45, 7) is 0.192. The average molecular weight is 442 g/mol. The molecule has 0 aromatic carbocycles. The number of aromatic nitrogens is 1. The predicted octanol–water partition coefficient (Wildman–Crippen LogP) is 2.43. The Morgan fingerprint density at radius 2 is 2.15 bits per heavy atom. The van der Waals surface area contributed by atoms with Crippen LogP contribution in [0.2, 0.25) is 0 Å². The summed E-state index contributed by atoms with van der Waals surface area (Å²) in [7, 11) is -3.72. The van der Waals surface area contributed by atoms with E-state index in [9.17, 15) is 8.42 Å². The number of rotatable bonds is 5. The minimum absolute atomic E-state index is 0.0120. The number of hydrogen-bond donors (Lipinski definition) is 3. The summed E-state index contributed by atoms with van der Waals surface area (Å²) in [5.74, 6) is 5.38. The largest absolute Gasteiger partial charge is 0.307 e. The summed E-state index contributed by atoms with van der Waals surface area (Å²) in [6, 6.07) is 3.30. The highest BCUT2D eigenvalue weighted by molar-refractivity contribution is 9.10. The molecule has 4 N–H and O–H groups in total. The summed E-state index contributed by atoms with van der Waals surface area (Å²) in [6.07, 6.45) is 1.46. The van der Waals surface area contributed by atoms with Crippen molar-refractivity contribution >= 4 is 59.0 Å². The molecule has 2 aromatic heterocycles. The van der Waals surface area contributed by atoms with Gasteiger partial charge in [0.2, 0.25) is 10.0 Å². The number of hydrogen-bond acceptors (Lipinski definition) is 6. The van der Waals surface area contributed by atoms with Crippen molar-refractivity contribution in [2.75, 3.05) is 5.43 Å². The van der Waals surface area contributed by atoms with E-state index in [0.717, 1.165) is 9.35 Å². The lowest BCUT2D eigenvalue weighted by atomic mass is 10.5. The van der Waals surface area contributed by atoms with Gasteiger partial charge >= 0.3 is 0 Å². The molecule has 0 atom stereocenters. The minimum Gasteiger partial charge on any atom is -0.307 e. The molecule has 108 valence electrons. The molecule has 0 fully saturated rings. The van der Waals surface area contributed by atoms with Crippen LogP contribution in [0.1, 0.15) is 4.88 Å². The van der Waals surface area contributed by atoms with Crippen LogP contribution in [-0.2, 0) is 16.6 Å². The average Bonchev–Trinajstić information content (AvgIpc) is 2.82. The van der Waals surface area contributed by atoms with E-state index in [4.69, 9.17) is 5.84 Å². The van der Waals surface area contributed by atoms with Crippen molar-refractivity contribution in [3.05, 3.63) is 37.5 Å². The summed E-state index contributed by atoms with van der Waals surface area (Å²) < 4.78 is 28.5. The fourth-order valence-electron chi connectivity index (χ4n) is 1.42. The Labute approximate surface area is 137 Å². The Bertz CT molecular complexity index is 718. The molecule has 0 aliphatic heterocycles. The van der Waals surface area contributed by atoms with Crippen LogP contribution in [0.4, 0.5) is 5.82 Å². The first-order chi connectivity index (χ1) is 9.44. The van der Waals surface area contributed by atoms with E-state index < -0.39 is 10.0 Å². The zero-order valence-corrected chi connectivity index (χ0v) is 14.7. The number of halogens is 2. The Morgan fingerprint density at radius 3 is 2.75 bits per heavy atom. The normalized spacial score (nSPS) is 11.6. The first-order valence-electron chi connectivity index (χ1n) is 5.27. The number of sulfonamides is 1. The number of nitrogens with one attached hydrogen (secondary N) is 2. The van der Waals surface area contributed by atoms with Gasteiger partial charge in [0.05, 0.1) is 0 Å². The van der Waals surface area contributed by atoms with Crippen molar-refractivity contribution in [2.45, 2.75) is 11.4 Å². The molecule has 0 radical (unpaired) electrons. The zero-order chi connectivity index (χ0) is 14.8. The zero-order valence-electron chi connectivity index (χ0n) is 9.93. The molecule has 20 heavy (non-hydrogen) atoms. The van der Waals surface area contributed by atoms with E-state index >= 15 is 0 Å². The van der Waals surface area contributed by atoms with Gasteiger partial charge in [-0.15, -0.1) is 11.3 Å². The van der Waals surface area contributed by atoms with Crippen molar-refractivity contribution < 1.29 is 8.42 Å². The molecule has 0 unspecified atom stereocenters. The Morgan fingerprint density at radius 1 is 1.40 bits per heavy atom. The van der Waals surface area contributed by atoms with Gasteiger partial charge in [-0.3, -0.25) is 0 Å². The quantitative estimate of drug-likeness (QED) is 0.489. The summed E-state index contributed by atoms with van der Waals surface area (Å²) in [5, 5.41) is 1.88. The lowest BCUT2D eigenvalue weighted by Gasteiger charge is -2.10. The van der Waals surface area contributed by atoms with Crippen LogP contribution in [0.25, 0.3) is 0 Å². The summed E-state index contributed by atoms with van der Waals surface area (Å²) in [4.78, 5) is 4.79. The highest BCUT2D eigenvalue weighted by Crippen LogP contribution is 2.25. The molecular weight excluding hydrogens is 432 g/mol. The number of nitrogens with two attached hydrogens (primary N) is 1. The molecule has 2 rings (SSSR count). The summed E-state index contributed by atoms with van der Waals surface area (Å²) in [5.41, 5.74) is 2.28. The molecule has 2 aromatic rings. The van der Waals surface area contributed by atoms with Crippen molar-refractivity contribution in [1.29, 1.82) is 0 Å². The number of anilines is 1. The van der Waals surface area contributed by atoms with Gasteiger partial charge in [0.15, 0.2) is 5.82 Å². The Hall–Kier alpha value is -0.520. The number of nitrogens with zero attached hydrogens (tertiary/aromatic N) is 1. The van der Waals surface area contributed by atoms with E-state index in [1.165, 1.54) is 23.6 Å². The smallest absolute Gasteiger partial charge is 0.244 e. The number of pyridine rings is 1. The first kappa shape index (κ1) is 15.9. The fourth-order valence-corrected chi connectivity index (χ4v) is 4.57. The van der Waals surface area contributed by atoms with Crippen LogP contribution >= 0.6 is 43.2 Å². The van der Waals surface area contributed by atoms with Crippen molar-refractivity contribution in [3.63, 3.8) is 0 Å². The minimum atomic E-state index is -3.72. The molecule has 10 heteroatoms. The maximum atomic E-state index is 12.3.